The largest absolute Gasteiger partial charge is 0.461 e. The Morgan fingerprint density at radius 1 is 0.741 bits per heavy atom. The maximum absolute atomic E-state index is 11.7. The minimum absolute atomic E-state index is 0.0979. The van der Waals surface area contributed by atoms with Crippen LogP contribution in [-0.2, 0) is 16.1 Å². The maximum Gasteiger partial charge on any atom is 0.306 e. The molecule has 154 valence electrons. The van der Waals surface area contributed by atoms with Gasteiger partial charge in [-0.2, -0.15) is 12.6 Å². The Labute approximate surface area is 176 Å². The zero-order chi connectivity index (χ0) is 19.6. The normalized spacial score (nSPS) is 10.9. The summed E-state index contributed by atoms with van der Waals surface area (Å²) in [5, 5.41) is 0.699. The zero-order valence-corrected chi connectivity index (χ0v) is 18.4. The second-order valence-corrected chi connectivity index (χ2v) is 8.24. The van der Waals surface area contributed by atoms with Gasteiger partial charge in [0, 0.05) is 11.4 Å². The lowest BCUT2D eigenvalue weighted by Crippen LogP contribution is -2.04. The third-order valence-electron chi connectivity index (χ3n) is 4.85. The first-order valence-electron chi connectivity index (χ1n) is 10.7. The van der Waals surface area contributed by atoms with E-state index in [0.717, 1.165) is 24.2 Å². The Balaban J connectivity index is 1.81. The third kappa shape index (κ3) is 15.0. The monoisotopic (exact) mass is 412 g/mol. The fraction of sp³-hybridized carbons (Fsp3) is 0.696. The van der Waals surface area contributed by atoms with Crippen molar-refractivity contribution < 1.29 is 9.53 Å². The predicted octanol–water partition coefficient (Wildman–Crippen LogP) is 7.77. The standard InChI is InChI=1S/C23H37ClO2S/c24-22-17-15-21(16-18-22)20-26-23(25)14-12-10-8-6-4-2-1-3-5-7-9-11-13-19-27/h15-18,27H,1-14,19-20H2. The molecule has 0 aliphatic carbocycles. The number of esters is 1. The summed E-state index contributed by atoms with van der Waals surface area (Å²) in [6.45, 7) is 0.338. The summed E-state index contributed by atoms with van der Waals surface area (Å²) < 4.78 is 5.30. The number of hydrogen-bond donors (Lipinski definition) is 1. The van der Waals surface area contributed by atoms with E-state index in [1.54, 1.807) is 0 Å². The Morgan fingerprint density at radius 3 is 1.67 bits per heavy atom. The number of carbonyl (C=O) groups is 1. The Bertz CT molecular complexity index is 476. The molecule has 0 radical (unpaired) electrons. The molecule has 0 heterocycles. The first-order valence-corrected chi connectivity index (χ1v) is 11.7. The molecule has 27 heavy (non-hydrogen) atoms. The second-order valence-electron chi connectivity index (χ2n) is 7.36. The Kier molecular flexibility index (Phi) is 15.7. The van der Waals surface area contributed by atoms with Gasteiger partial charge in [0.05, 0.1) is 0 Å². The molecule has 0 aliphatic heterocycles. The lowest BCUT2D eigenvalue weighted by Gasteiger charge is -2.05. The lowest BCUT2D eigenvalue weighted by molar-refractivity contribution is -0.145. The molecule has 0 atom stereocenters. The van der Waals surface area contributed by atoms with Gasteiger partial charge in [-0.05, 0) is 36.3 Å². The number of halogens is 1. The zero-order valence-electron chi connectivity index (χ0n) is 16.8. The van der Waals surface area contributed by atoms with Gasteiger partial charge in [-0.3, -0.25) is 4.79 Å². The van der Waals surface area contributed by atoms with Crippen LogP contribution in [-0.4, -0.2) is 11.7 Å². The molecule has 0 unspecified atom stereocenters. The summed E-state index contributed by atoms with van der Waals surface area (Å²) in [6, 6.07) is 7.41. The van der Waals surface area contributed by atoms with E-state index in [1.807, 2.05) is 24.3 Å². The number of rotatable bonds is 17. The van der Waals surface area contributed by atoms with E-state index < -0.39 is 0 Å². The summed E-state index contributed by atoms with van der Waals surface area (Å²) in [6.07, 6.45) is 17.4. The van der Waals surface area contributed by atoms with Crippen molar-refractivity contribution in [3.05, 3.63) is 34.9 Å². The van der Waals surface area contributed by atoms with E-state index in [0.29, 0.717) is 18.1 Å². The van der Waals surface area contributed by atoms with Crippen molar-refractivity contribution in [3.8, 4) is 0 Å². The predicted molar refractivity (Wildman–Crippen MR) is 120 cm³/mol. The van der Waals surface area contributed by atoms with Crippen LogP contribution in [0.4, 0.5) is 0 Å². The smallest absolute Gasteiger partial charge is 0.306 e. The topological polar surface area (TPSA) is 26.3 Å². The van der Waals surface area contributed by atoms with Gasteiger partial charge in [-0.1, -0.05) is 94.4 Å². The molecule has 1 aromatic rings. The van der Waals surface area contributed by atoms with E-state index in [2.05, 4.69) is 12.6 Å². The van der Waals surface area contributed by atoms with Crippen LogP contribution in [0.3, 0.4) is 0 Å². The summed E-state index contributed by atoms with van der Waals surface area (Å²) in [7, 11) is 0. The van der Waals surface area contributed by atoms with Crippen LogP contribution in [0.5, 0.6) is 0 Å². The van der Waals surface area contributed by atoms with Crippen molar-refractivity contribution in [1.82, 2.24) is 0 Å². The lowest BCUT2D eigenvalue weighted by atomic mass is 10.0. The molecular formula is C23H37ClO2S. The van der Waals surface area contributed by atoms with Gasteiger partial charge in [0.2, 0.25) is 0 Å². The first-order chi connectivity index (χ1) is 13.2. The van der Waals surface area contributed by atoms with E-state index >= 15 is 0 Å². The molecule has 0 fully saturated rings. The first kappa shape index (κ1) is 24.4. The molecular weight excluding hydrogens is 376 g/mol. The van der Waals surface area contributed by atoms with Crippen LogP contribution in [0.1, 0.15) is 95.5 Å². The highest BCUT2D eigenvalue weighted by atomic mass is 35.5. The van der Waals surface area contributed by atoms with Gasteiger partial charge >= 0.3 is 5.97 Å². The van der Waals surface area contributed by atoms with Crippen molar-refractivity contribution in [1.29, 1.82) is 0 Å². The number of thiol groups is 1. The van der Waals surface area contributed by atoms with Gasteiger partial charge in [0.25, 0.3) is 0 Å². The summed E-state index contributed by atoms with van der Waals surface area (Å²) in [4.78, 5) is 11.7. The fourth-order valence-electron chi connectivity index (χ4n) is 3.14. The van der Waals surface area contributed by atoms with Gasteiger partial charge in [0.15, 0.2) is 0 Å². The van der Waals surface area contributed by atoms with Crippen LogP contribution >= 0.6 is 24.2 Å². The average molecular weight is 413 g/mol. The summed E-state index contributed by atoms with van der Waals surface area (Å²) in [5.74, 6) is 0.934. The Hall–Kier alpha value is -0.670. The fourth-order valence-corrected chi connectivity index (χ4v) is 3.49. The quantitative estimate of drug-likeness (QED) is 0.160. The molecule has 2 nitrogen and oxygen atoms in total. The molecule has 1 aromatic carbocycles. The van der Waals surface area contributed by atoms with Crippen LogP contribution in [0.2, 0.25) is 5.02 Å². The second kappa shape index (κ2) is 17.4. The van der Waals surface area contributed by atoms with E-state index in [-0.39, 0.29) is 5.97 Å². The molecule has 4 heteroatoms. The number of hydrogen-bond acceptors (Lipinski definition) is 3. The van der Waals surface area contributed by atoms with Crippen molar-refractivity contribution in [3.63, 3.8) is 0 Å². The molecule has 0 spiro atoms. The molecule has 0 bridgehead atoms. The highest BCUT2D eigenvalue weighted by Crippen LogP contribution is 2.14. The maximum atomic E-state index is 11.7. The van der Waals surface area contributed by atoms with Crippen LogP contribution in [0, 0.1) is 0 Å². The van der Waals surface area contributed by atoms with E-state index in [9.17, 15) is 4.79 Å². The summed E-state index contributed by atoms with van der Waals surface area (Å²) in [5.41, 5.74) is 0.977. The number of carbonyl (C=O) groups excluding carboxylic acids is 1. The third-order valence-corrected chi connectivity index (χ3v) is 5.42. The van der Waals surface area contributed by atoms with Crippen LogP contribution in [0.15, 0.2) is 24.3 Å². The highest BCUT2D eigenvalue weighted by Gasteiger charge is 2.03. The molecule has 0 amide bonds. The van der Waals surface area contributed by atoms with E-state index in [1.165, 1.54) is 70.6 Å². The van der Waals surface area contributed by atoms with Crippen molar-refractivity contribution >= 4 is 30.2 Å². The Morgan fingerprint density at radius 2 is 1.19 bits per heavy atom. The minimum Gasteiger partial charge on any atom is -0.461 e. The molecule has 0 aliphatic rings. The average Bonchev–Trinajstić information content (AvgIpc) is 2.68. The number of benzene rings is 1. The van der Waals surface area contributed by atoms with Gasteiger partial charge in [-0.25, -0.2) is 0 Å². The highest BCUT2D eigenvalue weighted by molar-refractivity contribution is 7.80. The molecule has 0 aromatic heterocycles. The molecule has 1 rings (SSSR count). The number of ether oxygens (including phenoxy) is 1. The minimum atomic E-state index is -0.0979. The molecule has 0 N–H and O–H groups in total. The van der Waals surface area contributed by atoms with Gasteiger partial charge in [-0.15, -0.1) is 0 Å². The summed E-state index contributed by atoms with van der Waals surface area (Å²) >= 11 is 10.1. The molecule has 0 saturated heterocycles. The van der Waals surface area contributed by atoms with Gasteiger partial charge in [0.1, 0.15) is 6.61 Å². The van der Waals surface area contributed by atoms with Crippen molar-refractivity contribution in [2.45, 2.75) is 96.5 Å². The van der Waals surface area contributed by atoms with Crippen LogP contribution in [0.25, 0.3) is 0 Å². The van der Waals surface area contributed by atoms with Crippen molar-refractivity contribution in [2.24, 2.45) is 0 Å². The molecule has 0 saturated carbocycles. The van der Waals surface area contributed by atoms with Crippen LogP contribution < -0.4 is 0 Å². The van der Waals surface area contributed by atoms with Crippen molar-refractivity contribution in [2.75, 3.05) is 5.75 Å². The number of unbranched alkanes of at least 4 members (excludes halogenated alkanes) is 12. The SMILES string of the molecule is O=C(CCCCCCCCCCCCCCCS)OCc1ccc(Cl)cc1. The van der Waals surface area contributed by atoms with E-state index in [4.69, 9.17) is 16.3 Å². The van der Waals surface area contributed by atoms with Gasteiger partial charge < -0.3 is 4.74 Å².